The van der Waals surface area contributed by atoms with Gasteiger partial charge in [-0.3, -0.25) is 19.1 Å². The number of nitrogens with zero attached hydrogens (tertiary/aromatic N) is 2. The van der Waals surface area contributed by atoms with Gasteiger partial charge in [0.15, 0.2) is 0 Å². The highest BCUT2D eigenvalue weighted by Crippen LogP contribution is 2.45. The number of carbonyl (C=O) groups excluding carboxylic acids is 4. The molecule has 1 aromatic carbocycles. The zero-order valence-corrected chi connectivity index (χ0v) is 33.7. The number of hydrogen-bond acceptors (Lipinski definition) is 9. The highest BCUT2D eigenvalue weighted by Gasteiger charge is 2.62. The SMILES string of the molecule is C=C[C@@H]1C[C@]1(NC(=O)[C@@H]1CC(Oc2nccc3cc(OC)ccc23)CN1C(=O)[C@@H](NC(=O)NC(C)(C)CC(C)(C)C)C(C)(C)C)C(=O)NS(=O)(=O)C1CC1. The third kappa shape index (κ3) is 9.27. The molecular formula is C39H56N6O8S. The van der Waals surface area contributed by atoms with Gasteiger partial charge in [0.2, 0.25) is 27.7 Å². The first-order valence-electron chi connectivity index (χ1n) is 18.5. The minimum atomic E-state index is -3.90. The van der Waals surface area contributed by atoms with Gasteiger partial charge in [-0.25, -0.2) is 18.2 Å². The van der Waals surface area contributed by atoms with E-state index in [0.717, 1.165) is 5.39 Å². The van der Waals surface area contributed by atoms with Gasteiger partial charge in [-0.05, 0) is 80.0 Å². The summed E-state index contributed by atoms with van der Waals surface area (Å²) in [5.74, 6) is -1.57. The van der Waals surface area contributed by atoms with Crippen molar-refractivity contribution < 1.29 is 37.1 Å². The third-order valence-corrected chi connectivity index (χ3v) is 11.9. The standard InChI is InChI=1S/C39H56N6O8S/c1-11-24-20-39(24,34(48)44-54(50,51)27-13-14-27)42-31(46)29-19-26(53-32-28-15-12-25(52-10)18-23(28)16-17-40-32)21-45(29)33(47)30(37(5,6)7)41-35(49)43-38(8,9)22-36(2,3)4/h11-12,15-18,24,26-27,29-30H,1,13-14,19-22H2,2-10H3,(H,42,46)(H,44,48)(H2,41,43,49)/t24-,26?,29+,30-,39-/m1/s1. The molecule has 4 N–H and O–H groups in total. The topological polar surface area (TPSA) is 185 Å². The van der Waals surface area contributed by atoms with Gasteiger partial charge < -0.3 is 30.3 Å². The Labute approximate surface area is 318 Å². The molecule has 2 aromatic rings. The smallest absolute Gasteiger partial charge is 0.315 e. The van der Waals surface area contributed by atoms with Crippen molar-refractivity contribution in [2.75, 3.05) is 13.7 Å². The molecule has 5 amide bonds. The van der Waals surface area contributed by atoms with Crippen LogP contribution in [0.2, 0.25) is 0 Å². The molecule has 54 heavy (non-hydrogen) atoms. The van der Waals surface area contributed by atoms with Crippen molar-refractivity contribution in [1.82, 2.24) is 30.6 Å². The van der Waals surface area contributed by atoms with Crippen LogP contribution in [0.3, 0.4) is 0 Å². The molecule has 2 heterocycles. The van der Waals surface area contributed by atoms with Crippen LogP contribution in [0.25, 0.3) is 10.8 Å². The van der Waals surface area contributed by atoms with Crippen molar-refractivity contribution in [2.45, 2.75) is 122 Å². The molecule has 5 atom stereocenters. The summed E-state index contributed by atoms with van der Waals surface area (Å²) in [6, 6.07) is 4.53. The molecule has 3 fully saturated rings. The summed E-state index contributed by atoms with van der Waals surface area (Å²) >= 11 is 0. The summed E-state index contributed by atoms with van der Waals surface area (Å²) < 4.78 is 39.4. The van der Waals surface area contributed by atoms with Gasteiger partial charge in [-0.2, -0.15) is 0 Å². The van der Waals surface area contributed by atoms with Gasteiger partial charge in [-0.15, -0.1) is 6.58 Å². The second kappa shape index (κ2) is 14.7. The number of pyridine rings is 1. The number of fused-ring (bicyclic) bond motifs is 1. The lowest BCUT2D eigenvalue weighted by molar-refractivity contribution is -0.142. The van der Waals surface area contributed by atoms with Crippen molar-refractivity contribution in [3.63, 3.8) is 0 Å². The van der Waals surface area contributed by atoms with Gasteiger partial charge in [0.05, 0.1) is 18.9 Å². The molecule has 0 bridgehead atoms. The number of aromatic nitrogens is 1. The minimum absolute atomic E-state index is 0.0311. The number of ether oxygens (including phenoxy) is 2. The Balaban J connectivity index is 1.44. The minimum Gasteiger partial charge on any atom is -0.497 e. The number of methoxy groups -OCH3 is 1. The molecule has 1 unspecified atom stereocenters. The Morgan fingerprint density at radius 2 is 1.76 bits per heavy atom. The summed E-state index contributed by atoms with van der Waals surface area (Å²) in [5, 5.41) is 9.58. The quantitative estimate of drug-likeness (QED) is 0.217. The Hall–Kier alpha value is -4.40. The fraction of sp³-hybridized carbons (Fsp3) is 0.615. The maximum Gasteiger partial charge on any atom is 0.315 e. The van der Waals surface area contributed by atoms with Crippen LogP contribution in [0, 0.1) is 16.7 Å². The van der Waals surface area contributed by atoms with Crippen LogP contribution in [-0.4, -0.2) is 90.2 Å². The predicted molar refractivity (Wildman–Crippen MR) is 205 cm³/mol. The highest BCUT2D eigenvalue weighted by atomic mass is 32.2. The fourth-order valence-electron chi connectivity index (χ4n) is 7.56. The zero-order valence-electron chi connectivity index (χ0n) is 32.9. The number of carbonyl (C=O) groups is 4. The van der Waals surface area contributed by atoms with Crippen LogP contribution >= 0.6 is 0 Å². The average molecular weight is 769 g/mol. The Bertz CT molecular complexity index is 1920. The number of nitrogens with one attached hydrogen (secondary N) is 4. The van der Waals surface area contributed by atoms with E-state index in [1.165, 1.54) is 11.0 Å². The van der Waals surface area contributed by atoms with E-state index in [1.807, 2.05) is 52.8 Å². The maximum atomic E-state index is 14.7. The van der Waals surface area contributed by atoms with Crippen LogP contribution in [0.4, 0.5) is 4.79 Å². The lowest BCUT2D eigenvalue weighted by Crippen LogP contribution is -2.62. The van der Waals surface area contributed by atoms with Gasteiger partial charge in [0, 0.05) is 29.5 Å². The van der Waals surface area contributed by atoms with Crippen molar-refractivity contribution in [3.8, 4) is 11.6 Å². The summed E-state index contributed by atoms with van der Waals surface area (Å²) in [6.07, 6.45) is 4.17. The molecule has 2 aliphatic carbocycles. The fourth-order valence-corrected chi connectivity index (χ4v) is 8.92. The number of urea groups is 1. The second-order valence-corrected chi connectivity index (χ2v) is 19.8. The number of hydrogen-bond donors (Lipinski definition) is 4. The van der Waals surface area contributed by atoms with E-state index in [-0.39, 0.29) is 24.8 Å². The molecule has 0 radical (unpaired) electrons. The van der Waals surface area contributed by atoms with E-state index in [2.05, 4.69) is 53.0 Å². The number of benzene rings is 1. The van der Waals surface area contributed by atoms with Gasteiger partial charge in [0.25, 0.3) is 5.91 Å². The van der Waals surface area contributed by atoms with Crippen LogP contribution in [0.1, 0.15) is 87.5 Å². The second-order valence-electron chi connectivity index (χ2n) is 17.9. The molecule has 296 valence electrons. The van der Waals surface area contributed by atoms with Crippen LogP contribution < -0.4 is 30.1 Å². The van der Waals surface area contributed by atoms with E-state index >= 15 is 0 Å². The number of sulfonamides is 1. The molecule has 1 aliphatic heterocycles. The Morgan fingerprint density at radius 3 is 2.33 bits per heavy atom. The molecule has 0 spiro atoms. The molecule has 5 rings (SSSR count). The lowest BCUT2D eigenvalue weighted by atomic mass is 9.82. The predicted octanol–water partition coefficient (Wildman–Crippen LogP) is 4.19. The molecule has 2 saturated carbocycles. The first-order valence-corrected chi connectivity index (χ1v) is 20.0. The van der Waals surface area contributed by atoms with Crippen LogP contribution in [0.15, 0.2) is 43.1 Å². The average Bonchev–Trinajstić information content (AvgIpc) is 3.98. The summed E-state index contributed by atoms with van der Waals surface area (Å²) in [7, 11) is -2.33. The third-order valence-electron chi connectivity index (χ3n) is 10.1. The van der Waals surface area contributed by atoms with Gasteiger partial charge in [-0.1, -0.05) is 47.6 Å². The highest BCUT2D eigenvalue weighted by molar-refractivity contribution is 7.91. The number of likely N-dealkylation sites (tertiary alicyclic amines) is 1. The summed E-state index contributed by atoms with van der Waals surface area (Å²) in [6.45, 7) is 19.3. The molecule has 15 heteroatoms. The summed E-state index contributed by atoms with van der Waals surface area (Å²) in [4.78, 5) is 61.9. The van der Waals surface area contributed by atoms with Crippen molar-refractivity contribution in [3.05, 3.63) is 43.1 Å². The van der Waals surface area contributed by atoms with Crippen molar-refractivity contribution in [2.24, 2.45) is 16.7 Å². The number of rotatable bonds is 13. The van der Waals surface area contributed by atoms with Gasteiger partial charge in [0.1, 0.15) is 29.5 Å². The normalized spacial score (nSPS) is 23.6. The van der Waals surface area contributed by atoms with Gasteiger partial charge >= 0.3 is 6.03 Å². The van der Waals surface area contributed by atoms with E-state index in [4.69, 9.17) is 9.47 Å². The van der Waals surface area contributed by atoms with Crippen LogP contribution in [0.5, 0.6) is 11.6 Å². The number of amides is 5. The molecule has 1 aromatic heterocycles. The van der Waals surface area contributed by atoms with E-state index in [0.29, 0.717) is 36.3 Å². The van der Waals surface area contributed by atoms with E-state index in [9.17, 15) is 27.6 Å². The van der Waals surface area contributed by atoms with Crippen molar-refractivity contribution in [1.29, 1.82) is 0 Å². The Morgan fingerprint density at radius 1 is 1.07 bits per heavy atom. The van der Waals surface area contributed by atoms with E-state index in [1.54, 1.807) is 19.4 Å². The van der Waals surface area contributed by atoms with Crippen LogP contribution in [-0.2, 0) is 24.4 Å². The monoisotopic (exact) mass is 768 g/mol. The molecule has 14 nitrogen and oxygen atoms in total. The zero-order chi connectivity index (χ0) is 40.0. The molecular weight excluding hydrogens is 713 g/mol. The first kappa shape index (κ1) is 40.8. The van der Waals surface area contributed by atoms with E-state index < -0.39 is 79.6 Å². The molecule has 1 saturated heterocycles. The van der Waals surface area contributed by atoms with Crippen molar-refractivity contribution >= 4 is 44.5 Å². The summed E-state index contributed by atoms with van der Waals surface area (Å²) in [5.41, 5.74) is -3.01. The maximum absolute atomic E-state index is 14.7. The lowest BCUT2D eigenvalue weighted by Gasteiger charge is -2.37. The largest absolute Gasteiger partial charge is 0.497 e. The molecule has 3 aliphatic rings. The Kier molecular flexibility index (Phi) is 11.1. The first-order chi connectivity index (χ1) is 25.0.